The number of hydrogen-bond donors (Lipinski definition) is 2. The summed E-state index contributed by atoms with van der Waals surface area (Å²) in [5, 5.41) is 13.1. The van der Waals surface area contributed by atoms with E-state index >= 15 is 0 Å². The molecule has 0 atom stereocenters. The standard InChI is InChI=1S/C11H13NO3S/c13-10(14)8-5-7-9(16-8)12-6-11(15-7)3-1-2-4-11/h5,12H,1-4,6H2,(H,13,14). The lowest BCUT2D eigenvalue weighted by Gasteiger charge is -2.34. The minimum Gasteiger partial charge on any atom is -0.482 e. The van der Waals surface area contributed by atoms with Gasteiger partial charge in [-0.2, -0.15) is 0 Å². The molecule has 1 aromatic heterocycles. The molecule has 1 fully saturated rings. The van der Waals surface area contributed by atoms with Crippen molar-refractivity contribution in [3.8, 4) is 5.75 Å². The smallest absolute Gasteiger partial charge is 0.346 e. The van der Waals surface area contributed by atoms with E-state index < -0.39 is 5.97 Å². The number of anilines is 1. The first-order chi connectivity index (χ1) is 7.69. The molecule has 16 heavy (non-hydrogen) atoms. The molecule has 86 valence electrons. The van der Waals surface area contributed by atoms with Gasteiger partial charge in [0, 0.05) is 6.07 Å². The molecule has 1 aliphatic carbocycles. The molecule has 0 radical (unpaired) electrons. The number of aromatic carboxylic acids is 1. The molecule has 0 aromatic carbocycles. The lowest BCUT2D eigenvalue weighted by Crippen LogP contribution is -2.42. The highest BCUT2D eigenvalue weighted by Crippen LogP contribution is 2.45. The van der Waals surface area contributed by atoms with Gasteiger partial charge in [0.2, 0.25) is 0 Å². The first kappa shape index (κ1) is 9.96. The Morgan fingerprint density at radius 3 is 2.94 bits per heavy atom. The molecular formula is C11H13NO3S. The Morgan fingerprint density at radius 1 is 1.50 bits per heavy atom. The molecule has 0 bridgehead atoms. The summed E-state index contributed by atoms with van der Waals surface area (Å²) in [5.74, 6) is -0.166. The van der Waals surface area contributed by atoms with Crippen LogP contribution in [-0.2, 0) is 0 Å². The maximum Gasteiger partial charge on any atom is 0.346 e. The Balaban J connectivity index is 1.91. The van der Waals surface area contributed by atoms with Gasteiger partial charge in [-0.15, -0.1) is 11.3 Å². The topological polar surface area (TPSA) is 58.6 Å². The van der Waals surface area contributed by atoms with Gasteiger partial charge >= 0.3 is 5.97 Å². The number of carboxylic acid groups (broad SMARTS) is 1. The van der Waals surface area contributed by atoms with Crippen LogP contribution >= 0.6 is 11.3 Å². The van der Waals surface area contributed by atoms with Crippen LogP contribution in [-0.4, -0.2) is 23.2 Å². The van der Waals surface area contributed by atoms with Crippen molar-refractivity contribution in [1.82, 2.24) is 0 Å². The van der Waals surface area contributed by atoms with Crippen molar-refractivity contribution in [3.05, 3.63) is 10.9 Å². The third kappa shape index (κ3) is 1.46. The molecule has 1 aromatic rings. The minimum atomic E-state index is -0.884. The zero-order chi connectivity index (χ0) is 11.2. The first-order valence-corrected chi connectivity index (χ1v) is 6.30. The Kier molecular flexibility index (Phi) is 2.10. The number of thiophene rings is 1. The number of carbonyl (C=O) groups is 1. The Hall–Kier alpha value is -1.23. The fraction of sp³-hybridized carbons (Fsp3) is 0.545. The van der Waals surface area contributed by atoms with Crippen molar-refractivity contribution in [3.63, 3.8) is 0 Å². The molecule has 2 heterocycles. The van der Waals surface area contributed by atoms with Crippen molar-refractivity contribution in [2.45, 2.75) is 31.3 Å². The van der Waals surface area contributed by atoms with Crippen LogP contribution in [0.15, 0.2) is 6.07 Å². The zero-order valence-electron chi connectivity index (χ0n) is 8.78. The molecule has 5 heteroatoms. The first-order valence-electron chi connectivity index (χ1n) is 5.49. The predicted molar refractivity (Wildman–Crippen MR) is 61.6 cm³/mol. The lowest BCUT2D eigenvalue weighted by molar-refractivity contribution is 0.0697. The van der Waals surface area contributed by atoms with Crippen LogP contribution in [0.5, 0.6) is 5.75 Å². The van der Waals surface area contributed by atoms with E-state index in [1.165, 1.54) is 24.2 Å². The molecule has 4 nitrogen and oxygen atoms in total. The van der Waals surface area contributed by atoms with Gasteiger partial charge in [0.15, 0.2) is 5.75 Å². The largest absolute Gasteiger partial charge is 0.482 e. The number of ether oxygens (including phenoxy) is 1. The molecule has 0 unspecified atom stereocenters. The van der Waals surface area contributed by atoms with Crippen LogP contribution in [0.1, 0.15) is 35.4 Å². The molecule has 2 aliphatic rings. The van der Waals surface area contributed by atoms with Crippen molar-refractivity contribution in [1.29, 1.82) is 0 Å². The van der Waals surface area contributed by atoms with Crippen molar-refractivity contribution in [2.75, 3.05) is 11.9 Å². The molecule has 0 amide bonds. The van der Waals surface area contributed by atoms with Gasteiger partial charge in [0.25, 0.3) is 0 Å². The molecular weight excluding hydrogens is 226 g/mol. The van der Waals surface area contributed by atoms with Gasteiger partial charge in [-0.1, -0.05) is 0 Å². The van der Waals surface area contributed by atoms with Gasteiger partial charge in [-0.3, -0.25) is 0 Å². The molecule has 1 saturated carbocycles. The van der Waals surface area contributed by atoms with E-state index in [9.17, 15) is 4.79 Å². The average Bonchev–Trinajstić information content (AvgIpc) is 2.85. The summed E-state index contributed by atoms with van der Waals surface area (Å²) in [7, 11) is 0. The molecule has 1 aliphatic heterocycles. The molecule has 1 spiro atoms. The fourth-order valence-electron chi connectivity index (χ4n) is 2.49. The zero-order valence-corrected chi connectivity index (χ0v) is 9.60. The second-order valence-electron chi connectivity index (χ2n) is 4.45. The van der Waals surface area contributed by atoms with Crippen LogP contribution in [0, 0.1) is 0 Å². The highest BCUT2D eigenvalue weighted by atomic mass is 32.1. The molecule has 2 N–H and O–H groups in total. The fourth-order valence-corrected chi connectivity index (χ4v) is 3.31. The van der Waals surface area contributed by atoms with Gasteiger partial charge < -0.3 is 15.2 Å². The SMILES string of the molecule is O=C(O)c1cc2c(s1)NCC1(CCCC1)O2. The van der Waals surface area contributed by atoms with Crippen molar-refractivity contribution >= 4 is 22.3 Å². The quantitative estimate of drug-likeness (QED) is 0.790. The van der Waals surface area contributed by atoms with E-state index in [1.54, 1.807) is 6.07 Å². The normalized spacial score (nSPS) is 21.2. The number of rotatable bonds is 1. The van der Waals surface area contributed by atoms with Crippen LogP contribution in [0.4, 0.5) is 5.00 Å². The highest BCUT2D eigenvalue weighted by molar-refractivity contribution is 7.18. The molecule has 3 rings (SSSR count). The van der Waals surface area contributed by atoms with Gasteiger partial charge in [0.05, 0.1) is 6.54 Å². The summed E-state index contributed by atoms with van der Waals surface area (Å²) in [6.07, 6.45) is 4.54. The Morgan fingerprint density at radius 2 is 2.25 bits per heavy atom. The minimum absolute atomic E-state index is 0.0795. The summed E-state index contributed by atoms with van der Waals surface area (Å²) in [5.41, 5.74) is -0.0795. The third-order valence-electron chi connectivity index (χ3n) is 3.32. The van der Waals surface area contributed by atoms with Crippen LogP contribution in [0.25, 0.3) is 0 Å². The monoisotopic (exact) mass is 239 g/mol. The average molecular weight is 239 g/mol. The van der Waals surface area contributed by atoms with E-state index in [0.29, 0.717) is 4.88 Å². The number of nitrogens with one attached hydrogen (secondary N) is 1. The summed E-state index contributed by atoms with van der Waals surface area (Å²) in [6, 6.07) is 1.63. The van der Waals surface area contributed by atoms with Crippen molar-refractivity contribution < 1.29 is 14.6 Å². The van der Waals surface area contributed by atoms with E-state index in [1.807, 2.05) is 0 Å². The van der Waals surface area contributed by atoms with E-state index in [-0.39, 0.29) is 5.60 Å². The Bertz CT molecular complexity index is 434. The summed E-state index contributed by atoms with van der Waals surface area (Å²) in [6.45, 7) is 0.805. The van der Waals surface area contributed by atoms with Crippen LogP contribution < -0.4 is 10.1 Å². The van der Waals surface area contributed by atoms with E-state index in [2.05, 4.69) is 5.32 Å². The number of fused-ring (bicyclic) bond motifs is 1. The van der Waals surface area contributed by atoms with E-state index in [4.69, 9.17) is 9.84 Å². The van der Waals surface area contributed by atoms with Crippen LogP contribution in [0.2, 0.25) is 0 Å². The number of carboxylic acids is 1. The third-order valence-corrected chi connectivity index (χ3v) is 4.38. The Labute approximate surface area is 97.2 Å². The van der Waals surface area contributed by atoms with E-state index in [0.717, 1.165) is 30.1 Å². The highest BCUT2D eigenvalue weighted by Gasteiger charge is 2.40. The second-order valence-corrected chi connectivity index (χ2v) is 5.51. The predicted octanol–water partition coefficient (Wildman–Crippen LogP) is 2.56. The maximum absolute atomic E-state index is 10.9. The lowest BCUT2D eigenvalue weighted by atomic mass is 10.0. The summed E-state index contributed by atoms with van der Waals surface area (Å²) in [4.78, 5) is 11.2. The van der Waals surface area contributed by atoms with Gasteiger partial charge in [-0.25, -0.2) is 4.79 Å². The summed E-state index contributed by atoms with van der Waals surface area (Å²) >= 11 is 1.25. The maximum atomic E-state index is 10.9. The van der Waals surface area contributed by atoms with Gasteiger partial charge in [0.1, 0.15) is 15.5 Å². The van der Waals surface area contributed by atoms with Crippen LogP contribution in [0.3, 0.4) is 0 Å². The second kappa shape index (κ2) is 3.38. The summed E-state index contributed by atoms with van der Waals surface area (Å²) < 4.78 is 6.00. The van der Waals surface area contributed by atoms with Crippen molar-refractivity contribution in [2.24, 2.45) is 0 Å². The molecule has 0 saturated heterocycles. The number of hydrogen-bond acceptors (Lipinski definition) is 4. The van der Waals surface area contributed by atoms with Gasteiger partial charge in [-0.05, 0) is 25.7 Å².